The van der Waals surface area contributed by atoms with E-state index < -0.39 is 0 Å². The Balaban J connectivity index is 1.49. The fourth-order valence-corrected chi connectivity index (χ4v) is 3.64. The van der Waals surface area contributed by atoms with Gasteiger partial charge < -0.3 is 10.0 Å². The van der Waals surface area contributed by atoms with Gasteiger partial charge in [-0.15, -0.1) is 0 Å². The molecular weight excluding hydrogens is 328 g/mol. The van der Waals surface area contributed by atoms with Crippen LogP contribution in [0.1, 0.15) is 41.7 Å². The SMILES string of the molecule is O=C(c1cn2cccnc2n1)N1CCCCC1CCc1ccc(O)cc1. The van der Waals surface area contributed by atoms with Gasteiger partial charge in [0.15, 0.2) is 0 Å². The van der Waals surface area contributed by atoms with E-state index in [4.69, 9.17) is 0 Å². The number of aromatic nitrogens is 3. The molecule has 0 aliphatic carbocycles. The Kier molecular flexibility index (Phi) is 4.56. The number of phenolic OH excluding ortho intramolecular Hbond substituents is 1. The number of piperidine rings is 1. The fourth-order valence-electron chi connectivity index (χ4n) is 3.64. The van der Waals surface area contributed by atoms with Crippen LogP contribution in [-0.4, -0.2) is 42.9 Å². The lowest BCUT2D eigenvalue weighted by Crippen LogP contribution is -2.44. The number of amides is 1. The summed E-state index contributed by atoms with van der Waals surface area (Å²) in [6.45, 7) is 0.778. The van der Waals surface area contributed by atoms with Crippen LogP contribution in [0.5, 0.6) is 5.75 Å². The van der Waals surface area contributed by atoms with Gasteiger partial charge in [0.25, 0.3) is 5.91 Å². The van der Waals surface area contributed by atoms with Gasteiger partial charge in [-0.05, 0) is 55.9 Å². The molecule has 26 heavy (non-hydrogen) atoms. The third-order valence-electron chi connectivity index (χ3n) is 5.05. The minimum Gasteiger partial charge on any atom is -0.508 e. The van der Waals surface area contributed by atoms with Crippen LogP contribution < -0.4 is 0 Å². The zero-order valence-electron chi connectivity index (χ0n) is 14.6. The number of fused-ring (bicyclic) bond motifs is 1. The minimum atomic E-state index is -0.00842. The van der Waals surface area contributed by atoms with E-state index in [-0.39, 0.29) is 17.7 Å². The van der Waals surface area contributed by atoms with E-state index in [0.29, 0.717) is 11.5 Å². The van der Waals surface area contributed by atoms with E-state index in [2.05, 4.69) is 9.97 Å². The maximum absolute atomic E-state index is 13.0. The summed E-state index contributed by atoms with van der Waals surface area (Å²) in [5, 5.41) is 9.41. The van der Waals surface area contributed by atoms with Gasteiger partial charge in [-0.2, -0.15) is 0 Å². The van der Waals surface area contributed by atoms with Crippen molar-refractivity contribution in [1.82, 2.24) is 19.3 Å². The smallest absolute Gasteiger partial charge is 0.274 e. The first kappa shape index (κ1) is 16.6. The number of aryl methyl sites for hydroxylation is 1. The highest BCUT2D eigenvalue weighted by atomic mass is 16.3. The van der Waals surface area contributed by atoms with E-state index >= 15 is 0 Å². The summed E-state index contributed by atoms with van der Waals surface area (Å²) in [6, 6.07) is 9.36. The summed E-state index contributed by atoms with van der Waals surface area (Å²) in [7, 11) is 0. The molecule has 1 aliphatic rings. The number of aromatic hydroxyl groups is 1. The molecule has 1 aromatic carbocycles. The van der Waals surface area contributed by atoms with Crippen molar-refractivity contribution in [1.29, 1.82) is 0 Å². The number of likely N-dealkylation sites (tertiary alicyclic amines) is 1. The predicted molar refractivity (Wildman–Crippen MR) is 98.1 cm³/mol. The number of hydrogen-bond donors (Lipinski definition) is 1. The minimum absolute atomic E-state index is 0.00842. The van der Waals surface area contributed by atoms with Gasteiger partial charge in [-0.25, -0.2) is 9.97 Å². The van der Waals surface area contributed by atoms with Gasteiger partial charge in [0.1, 0.15) is 11.4 Å². The first-order chi connectivity index (χ1) is 12.7. The van der Waals surface area contributed by atoms with Crippen LogP contribution in [0.4, 0.5) is 0 Å². The van der Waals surface area contributed by atoms with Gasteiger partial charge >= 0.3 is 0 Å². The maximum Gasteiger partial charge on any atom is 0.274 e. The molecule has 1 atom stereocenters. The van der Waals surface area contributed by atoms with Crippen molar-refractivity contribution >= 4 is 11.7 Å². The lowest BCUT2D eigenvalue weighted by molar-refractivity contribution is 0.0596. The number of imidazole rings is 1. The second-order valence-corrected chi connectivity index (χ2v) is 6.81. The van der Waals surface area contributed by atoms with Gasteiger partial charge in [-0.1, -0.05) is 12.1 Å². The van der Waals surface area contributed by atoms with Gasteiger partial charge in [0.05, 0.1) is 0 Å². The average molecular weight is 350 g/mol. The van der Waals surface area contributed by atoms with Crippen LogP contribution in [0.2, 0.25) is 0 Å². The highest BCUT2D eigenvalue weighted by Crippen LogP contribution is 2.24. The average Bonchev–Trinajstić information content (AvgIpc) is 3.11. The lowest BCUT2D eigenvalue weighted by atomic mass is 9.95. The molecule has 1 unspecified atom stereocenters. The number of rotatable bonds is 4. The maximum atomic E-state index is 13.0. The first-order valence-corrected chi connectivity index (χ1v) is 9.09. The highest BCUT2D eigenvalue weighted by Gasteiger charge is 2.28. The number of hydrogen-bond acceptors (Lipinski definition) is 4. The Labute approximate surface area is 152 Å². The number of carbonyl (C=O) groups excluding carboxylic acids is 1. The molecule has 134 valence electrons. The summed E-state index contributed by atoms with van der Waals surface area (Å²) in [5.74, 6) is 0.822. The fraction of sp³-hybridized carbons (Fsp3) is 0.350. The Morgan fingerprint density at radius 1 is 1.23 bits per heavy atom. The molecule has 4 rings (SSSR count). The summed E-state index contributed by atoms with van der Waals surface area (Å²) in [4.78, 5) is 23.6. The van der Waals surface area contributed by atoms with Gasteiger partial charge in [0, 0.05) is 31.2 Å². The molecule has 6 heteroatoms. The Morgan fingerprint density at radius 3 is 2.88 bits per heavy atom. The van der Waals surface area contributed by atoms with Crippen molar-refractivity contribution in [3.63, 3.8) is 0 Å². The summed E-state index contributed by atoms with van der Waals surface area (Å²) in [5.41, 5.74) is 1.64. The Hall–Kier alpha value is -2.89. The van der Waals surface area contributed by atoms with Crippen LogP contribution in [0.25, 0.3) is 5.78 Å². The number of carbonyl (C=O) groups is 1. The monoisotopic (exact) mass is 350 g/mol. The zero-order valence-corrected chi connectivity index (χ0v) is 14.6. The number of benzene rings is 1. The van der Waals surface area contributed by atoms with Crippen molar-refractivity contribution < 1.29 is 9.90 Å². The third-order valence-corrected chi connectivity index (χ3v) is 5.05. The van der Waals surface area contributed by atoms with Crippen molar-refractivity contribution in [2.45, 2.75) is 38.1 Å². The standard InChI is InChI=1S/C20H22N4O2/c25-17-9-6-15(7-10-17)5-8-16-4-1-2-13-24(16)19(26)18-14-23-12-3-11-21-20(23)22-18/h3,6-7,9-12,14,16,25H,1-2,4-5,8,13H2. The van der Waals surface area contributed by atoms with E-state index in [1.807, 2.05) is 29.3 Å². The molecule has 0 spiro atoms. The number of phenols is 1. The summed E-state index contributed by atoms with van der Waals surface area (Å²) >= 11 is 0. The molecule has 3 heterocycles. The normalized spacial score (nSPS) is 17.5. The van der Waals surface area contributed by atoms with Crippen LogP contribution in [0.15, 0.2) is 48.9 Å². The van der Waals surface area contributed by atoms with Crippen LogP contribution in [-0.2, 0) is 6.42 Å². The molecule has 6 nitrogen and oxygen atoms in total. The highest BCUT2D eigenvalue weighted by molar-refractivity contribution is 5.93. The van der Waals surface area contributed by atoms with Crippen LogP contribution in [0.3, 0.4) is 0 Å². The molecule has 0 radical (unpaired) electrons. The first-order valence-electron chi connectivity index (χ1n) is 9.09. The second kappa shape index (κ2) is 7.15. The number of nitrogens with zero attached hydrogens (tertiary/aromatic N) is 4. The van der Waals surface area contributed by atoms with E-state index in [0.717, 1.165) is 38.6 Å². The molecule has 1 fully saturated rings. The van der Waals surface area contributed by atoms with Gasteiger partial charge in [-0.3, -0.25) is 9.20 Å². The third kappa shape index (κ3) is 3.40. The van der Waals surface area contributed by atoms with Crippen molar-refractivity contribution in [2.75, 3.05) is 6.54 Å². The molecule has 1 N–H and O–H groups in total. The molecule has 3 aromatic rings. The molecule has 0 saturated carbocycles. The van der Waals surface area contributed by atoms with Gasteiger partial charge in [0.2, 0.25) is 5.78 Å². The van der Waals surface area contributed by atoms with Crippen molar-refractivity contribution in [3.8, 4) is 5.75 Å². The van der Waals surface area contributed by atoms with E-state index in [1.165, 1.54) is 5.56 Å². The Morgan fingerprint density at radius 2 is 2.08 bits per heavy atom. The summed E-state index contributed by atoms with van der Waals surface area (Å²) < 4.78 is 1.78. The van der Waals surface area contributed by atoms with E-state index in [9.17, 15) is 9.90 Å². The van der Waals surface area contributed by atoms with Crippen LogP contribution in [0, 0.1) is 0 Å². The van der Waals surface area contributed by atoms with Crippen LogP contribution >= 0.6 is 0 Å². The molecule has 2 aromatic heterocycles. The Bertz CT molecular complexity index is 871. The van der Waals surface area contributed by atoms with Crippen molar-refractivity contribution in [3.05, 3.63) is 60.2 Å². The largest absolute Gasteiger partial charge is 0.508 e. The zero-order chi connectivity index (χ0) is 17.9. The molecule has 1 saturated heterocycles. The quantitative estimate of drug-likeness (QED) is 0.785. The molecule has 1 amide bonds. The van der Waals surface area contributed by atoms with E-state index in [1.54, 1.807) is 28.9 Å². The molecule has 1 aliphatic heterocycles. The topological polar surface area (TPSA) is 70.7 Å². The second-order valence-electron chi connectivity index (χ2n) is 6.81. The van der Waals surface area contributed by atoms with Crippen molar-refractivity contribution in [2.24, 2.45) is 0 Å². The predicted octanol–water partition coefficient (Wildman–Crippen LogP) is 3.06. The summed E-state index contributed by atoms with van der Waals surface area (Å²) in [6.07, 6.45) is 10.3. The lowest BCUT2D eigenvalue weighted by Gasteiger charge is -2.35. The molecule has 0 bridgehead atoms. The molecular formula is C20H22N4O2.